The van der Waals surface area contributed by atoms with Crippen molar-refractivity contribution < 1.29 is 18.7 Å². The van der Waals surface area contributed by atoms with Gasteiger partial charge < -0.3 is 10.0 Å². The summed E-state index contributed by atoms with van der Waals surface area (Å²) in [5.41, 5.74) is 0.874. The van der Waals surface area contributed by atoms with E-state index in [1.165, 1.54) is 29.2 Å². The summed E-state index contributed by atoms with van der Waals surface area (Å²) >= 11 is 0. The van der Waals surface area contributed by atoms with Crippen molar-refractivity contribution in [1.29, 1.82) is 0 Å². The van der Waals surface area contributed by atoms with E-state index in [2.05, 4.69) is 0 Å². The van der Waals surface area contributed by atoms with Crippen molar-refractivity contribution in [1.82, 2.24) is 0 Å². The molecule has 0 amide bonds. The molecule has 3 nitrogen and oxygen atoms in total. The molecule has 0 heterocycles. The molecule has 0 unspecified atom stereocenters. The van der Waals surface area contributed by atoms with Crippen molar-refractivity contribution >= 4 is 23.4 Å². The zero-order valence-electron chi connectivity index (χ0n) is 11.3. The van der Waals surface area contributed by atoms with Gasteiger partial charge in [0.25, 0.3) is 0 Å². The number of benzene rings is 2. The Morgan fingerprint density at radius 1 is 1.10 bits per heavy atom. The summed E-state index contributed by atoms with van der Waals surface area (Å²) in [6.45, 7) is 0. The highest BCUT2D eigenvalue weighted by Gasteiger charge is 2.12. The maximum atomic E-state index is 14.1. The molecule has 0 bridgehead atoms. The molecule has 2 aromatic carbocycles. The summed E-state index contributed by atoms with van der Waals surface area (Å²) in [6, 6.07) is 10.3. The first-order chi connectivity index (χ1) is 9.99. The SMILES string of the molecule is CN(c1ccccc1F)c1ccc(C=CC(=O)O)cc1F. The molecular weight excluding hydrogens is 276 g/mol. The van der Waals surface area contributed by atoms with Gasteiger partial charge in [-0.25, -0.2) is 13.6 Å². The van der Waals surface area contributed by atoms with Gasteiger partial charge in [0.2, 0.25) is 0 Å². The zero-order valence-corrected chi connectivity index (χ0v) is 11.3. The minimum Gasteiger partial charge on any atom is -0.478 e. The lowest BCUT2D eigenvalue weighted by molar-refractivity contribution is -0.131. The number of carboxylic acids is 1. The van der Waals surface area contributed by atoms with Crippen LogP contribution < -0.4 is 4.90 Å². The number of hydrogen-bond donors (Lipinski definition) is 1. The first-order valence-electron chi connectivity index (χ1n) is 6.18. The summed E-state index contributed by atoms with van der Waals surface area (Å²) in [6.07, 6.45) is 2.22. The number of nitrogens with zero attached hydrogens (tertiary/aromatic N) is 1. The van der Waals surface area contributed by atoms with E-state index in [1.54, 1.807) is 31.3 Å². The van der Waals surface area contributed by atoms with Gasteiger partial charge in [-0.1, -0.05) is 18.2 Å². The summed E-state index contributed by atoms with van der Waals surface area (Å²) in [7, 11) is 1.56. The fraction of sp³-hybridized carbons (Fsp3) is 0.0625. The first kappa shape index (κ1) is 14.7. The van der Waals surface area contributed by atoms with Gasteiger partial charge in [-0.15, -0.1) is 0 Å². The Morgan fingerprint density at radius 2 is 1.76 bits per heavy atom. The van der Waals surface area contributed by atoms with Crippen molar-refractivity contribution in [3.63, 3.8) is 0 Å². The predicted octanol–water partition coefficient (Wildman–Crippen LogP) is 3.83. The molecule has 1 N–H and O–H groups in total. The second-order valence-electron chi connectivity index (χ2n) is 4.39. The number of para-hydroxylation sites is 1. The van der Waals surface area contributed by atoms with Crippen LogP contribution in [0.5, 0.6) is 0 Å². The van der Waals surface area contributed by atoms with Gasteiger partial charge in [-0.3, -0.25) is 0 Å². The Morgan fingerprint density at radius 3 is 2.38 bits per heavy atom. The molecule has 0 saturated heterocycles. The van der Waals surface area contributed by atoms with Crippen molar-refractivity contribution in [2.45, 2.75) is 0 Å². The number of rotatable bonds is 4. The number of halogens is 2. The van der Waals surface area contributed by atoms with Crippen LogP contribution in [0.2, 0.25) is 0 Å². The molecule has 5 heteroatoms. The van der Waals surface area contributed by atoms with Crippen LogP contribution in [-0.4, -0.2) is 18.1 Å². The van der Waals surface area contributed by atoms with Gasteiger partial charge in [0, 0.05) is 13.1 Å². The summed E-state index contributed by atoms with van der Waals surface area (Å²) in [5, 5.41) is 8.54. The molecule has 0 atom stereocenters. The molecule has 108 valence electrons. The van der Waals surface area contributed by atoms with Crippen LogP contribution in [0.3, 0.4) is 0 Å². The Balaban J connectivity index is 2.33. The van der Waals surface area contributed by atoms with Gasteiger partial charge >= 0.3 is 5.97 Å². The molecule has 0 aliphatic rings. The summed E-state index contributed by atoms with van der Waals surface area (Å²) in [5.74, 6) is -2.12. The van der Waals surface area contributed by atoms with Crippen LogP contribution in [0.25, 0.3) is 6.08 Å². The van der Waals surface area contributed by atoms with Crippen molar-refractivity contribution in [2.75, 3.05) is 11.9 Å². The monoisotopic (exact) mass is 289 g/mol. The Kier molecular flexibility index (Phi) is 4.33. The predicted molar refractivity (Wildman–Crippen MR) is 77.5 cm³/mol. The molecule has 21 heavy (non-hydrogen) atoms. The van der Waals surface area contributed by atoms with Crippen molar-refractivity contribution in [3.05, 3.63) is 65.7 Å². The van der Waals surface area contributed by atoms with E-state index in [0.717, 1.165) is 6.08 Å². The van der Waals surface area contributed by atoms with E-state index in [1.807, 2.05) is 0 Å². The lowest BCUT2D eigenvalue weighted by Crippen LogP contribution is -2.12. The van der Waals surface area contributed by atoms with Crippen LogP contribution in [-0.2, 0) is 4.79 Å². The maximum Gasteiger partial charge on any atom is 0.328 e. The molecule has 0 radical (unpaired) electrons. The summed E-state index contributed by atoms with van der Waals surface area (Å²) < 4.78 is 27.8. The van der Waals surface area contributed by atoms with Crippen LogP contribution >= 0.6 is 0 Å². The van der Waals surface area contributed by atoms with E-state index in [0.29, 0.717) is 5.56 Å². The Labute approximate surface area is 120 Å². The van der Waals surface area contributed by atoms with Crippen LogP contribution in [0.1, 0.15) is 5.56 Å². The normalized spacial score (nSPS) is 10.8. The fourth-order valence-corrected chi connectivity index (χ4v) is 1.92. The van der Waals surface area contributed by atoms with E-state index >= 15 is 0 Å². The van der Waals surface area contributed by atoms with Gasteiger partial charge in [-0.2, -0.15) is 0 Å². The first-order valence-corrected chi connectivity index (χ1v) is 6.18. The van der Waals surface area contributed by atoms with E-state index in [4.69, 9.17) is 5.11 Å². The van der Waals surface area contributed by atoms with Crippen molar-refractivity contribution in [2.24, 2.45) is 0 Å². The van der Waals surface area contributed by atoms with Crippen LogP contribution in [0.4, 0.5) is 20.2 Å². The molecular formula is C16H13F2NO2. The second kappa shape index (κ2) is 6.17. The number of hydrogen-bond acceptors (Lipinski definition) is 2. The van der Waals surface area contributed by atoms with Crippen LogP contribution in [0.15, 0.2) is 48.5 Å². The maximum absolute atomic E-state index is 14.1. The lowest BCUT2D eigenvalue weighted by atomic mass is 10.1. The topological polar surface area (TPSA) is 40.5 Å². The molecule has 2 aromatic rings. The smallest absolute Gasteiger partial charge is 0.328 e. The Bertz CT molecular complexity index is 698. The molecule has 0 aliphatic heterocycles. The fourth-order valence-electron chi connectivity index (χ4n) is 1.92. The minimum atomic E-state index is -1.11. The molecule has 0 fully saturated rings. The van der Waals surface area contributed by atoms with E-state index in [9.17, 15) is 13.6 Å². The molecule has 2 rings (SSSR count). The quantitative estimate of drug-likeness (QED) is 0.870. The molecule has 0 saturated carbocycles. The molecule has 0 aromatic heterocycles. The largest absolute Gasteiger partial charge is 0.478 e. The third-order valence-corrected chi connectivity index (χ3v) is 2.97. The van der Waals surface area contributed by atoms with Gasteiger partial charge in [0.1, 0.15) is 11.6 Å². The highest BCUT2D eigenvalue weighted by atomic mass is 19.1. The van der Waals surface area contributed by atoms with Crippen LogP contribution in [0, 0.1) is 11.6 Å². The zero-order chi connectivity index (χ0) is 15.4. The lowest BCUT2D eigenvalue weighted by Gasteiger charge is -2.20. The van der Waals surface area contributed by atoms with Crippen molar-refractivity contribution in [3.8, 4) is 0 Å². The summed E-state index contributed by atoms with van der Waals surface area (Å²) in [4.78, 5) is 11.8. The number of carboxylic acid groups (broad SMARTS) is 1. The highest BCUT2D eigenvalue weighted by Crippen LogP contribution is 2.28. The number of carbonyl (C=O) groups is 1. The third kappa shape index (κ3) is 3.45. The van der Waals surface area contributed by atoms with Gasteiger partial charge in [0.15, 0.2) is 0 Å². The Hall–Kier alpha value is -2.69. The van der Waals surface area contributed by atoms with Gasteiger partial charge in [0.05, 0.1) is 11.4 Å². The number of anilines is 2. The average Bonchev–Trinajstić information content (AvgIpc) is 2.45. The highest BCUT2D eigenvalue weighted by molar-refractivity contribution is 5.85. The third-order valence-electron chi connectivity index (χ3n) is 2.97. The van der Waals surface area contributed by atoms with E-state index in [-0.39, 0.29) is 11.4 Å². The minimum absolute atomic E-state index is 0.201. The standard InChI is InChI=1S/C16H13F2NO2/c1-19(14-5-3-2-4-12(14)17)15-8-6-11(10-13(15)18)7-9-16(20)21/h2-10H,1H3,(H,20,21). The molecule has 0 aliphatic carbocycles. The molecule has 0 spiro atoms. The van der Waals surface area contributed by atoms with Gasteiger partial charge in [-0.05, 0) is 35.9 Å². The average molecular weight is 289 g/mol. The second-order valence-corrected chi connectivity index (χ2v) is 4.39. The van der Waals surface area contributed by atoms with E-state index < -0.39 is 17.6 Å². The number of aliphatic carboxylic acids is 1.